The van der Waals surface area contributed by atoms with Gasteiger partial charge < -0.3 is 15.0 Å². The molecule has 0 heterocycles. The van der Waals surface area contributed by atoms with E-state index in [1.165, 1.54) is 0 Å². The maximum atomic E-state index is 11.4. The monoisotopic (exact) mass is 286 g/mol. The SMILES string of the molecule is CCC(CCN(C)CCCNC(=O)C(C)C)OC(C)C. The molecule has 4 heteroatoms. The molecule has 0 aromatic carbocycles. The summed E-state index contributed by atoms with van der Waals surface area (Å²) in [5.41, 5.74) is 0. The molecule has 0 aliphatic rings. The Balaban J connectivity index is 3.67. The first-order valence-electron chi connectivity index (χ1n) is 7.98. The van der Waals surface area contributed by atoms with Gasteiger partial charge in [0.15, 0.2) is 0 Å². The second kappa shape index (κ2) is 11.1. The Morgan fingerprint density at radius 2 is 1.85 bits per heavy atom. The van der Waals surface area contributed by atoms with Crippen molar-refractivity contribution in [2.75, 3.05) is 26.7 Å². The van der Waals surface area contributed by atoms with Gasteiger partial charge in [0.05, 0.1) is 12.2 Å². The van der Waals surface area contributed by atoms with Crippen LogP contribution in [0.3, 0.4) is 0 Å². The summed E-state index contributed by atoms with van der Waals surface area (Å²) in [5, 5.41) is 2.95. The summed E-state index contributed by atoms with van der Waals surface area (Å²) < 4.78 is 5.85. The highest BCUT2D eigenvalue weighted by Crippen LogP contribution is 2.07. The molecular formula is C16H34N2O2. The number of carbonyl (C=O) groups excluding carboxylic acids is 1. The quantitative estimate of drug-likeness (QED) is 0.594. The van der Waals surface area contributed by atoms with E-state index in [-0.39, 0.29) is 11.8 Å². The van der Waals surface area contributed by atoms with Gasteiger partial charge in [0.25, 0.3) is 0 Å². The molecule has 0 saturated carbocycles. The molecule has 4 nitrogen and oxygen atoms in total. The van der Waals surface area contributed by atoms with E-state index in [0.717, 1.165) is 38.9 Å². The first-order chi connectivity index (χ1) is 9.36. The van der Waals surface area contributed by atoms with E-state index < -0.39 is 0 Å². The third-order valence-corrected chi connectivity index (χ3v) is 3.29. The third-order valence-electron chi connectivity index (χ3n) is 3.29. The molecule has 20 heavy (non-hydrogen) atoms. The molecule has 1 amide bonds. The van der Waals surface area contributed by atoms with Crippen molar-refractivity contribution in [2.45, 2.75) is 66.1 Å². The van der Waals surface area contributed by atoms with Crippen LogP contribution in [0.1, 0.15) is 53.9 Å². The number of carbonyl (C=O) groups is 1. The Hall–Kier alpha value is -0.610. The van der Waals surface area contributed by atoms with Gasteiger partial charge in [-0.1, -0.05) is 20.8 Å². The Morgan fingerprint density at radius 1 is 1.20 bits per heavy atom. The maximum absolute atomic E-state index is 11.4. The zero-order valence-corrected chi connectivity index (χ0v) is 14.2. The van der Waals surface area contributed by atoms with Crippen LogP contribution in [0.15, 0.2) is 0 Å². The molecule has 0 bridgehead atoms. The number of ether oxygens (including phenoxy) is 1. The highest BCUT2D eigenvalue weighted by atomic mass is 16.5. The van der Waals surface area contributed by atoms with Crippen molar-refractivity contribution < 1.29 is 9.53 Å². The number of nitrogens with one attached hydrogen (secondary N) is 1. The van der Waals surface area contributed by atoms with Crippen molar-refractivity contribution in [2.24, 2.45) is 5.92 Å². The molecule has 0 spiro atoms. The lowest BCUT2D eigenvalue weighted by atomic mass is 10.2. The first kappa shape index (κ1) is 19.4. The zero-order chi connectivity index (χ0) is 15.5. The largest absolute Gasteiger partial charge is 0.376 e. The number of rotatable bonds is 11. The fraction of sp³-hybridized carbons (Fsp3) is 0.938. The summed E-state index contributed by atoms with van der Waals surface area (Å²) in [6.07, 6.45) is 3.80. The van der Waals surface area contributed by atoms with Gasteiger partial charge in [-0.05, 0) is 46.7 Å². The van der Waals surface area contributed by atoms with Gasteiger partial charge in [-0.3, -0.25) is 4.79 Å². The molecule has 0 rings (SSSR count). The fourth-order valence-corrected chi connectivity index (χ4v) is 1.99. The van der Waals surface area contributed by atoms with Crippen molar-refractivity contribution in [1.82, 2.24) is 10.2 Å². The zero-order valence-electron chi connectivity index (χ0n) is 14.2. The molecule has 1 atom stereocenters. The van der Waals surface area contributed by atoms with Crippen molar-refractivity contribution in [3.63, 3.8) is 0 Å². The van der Waals surface area contributed by atoms with Crippen molar-refractivity contribution in [1.29, 1.82) is 0 Å². The van der Waals surface area contributed by atoms with Crippen LogP contribution in [0, 0.1) is 5.92 Å². The predicted octanol–water partition coefficient (Wildman–Crippen LogP) is 2.67. The molecular weight excluding hydrogens is 252 g/mol. The van der Waals surface area contributed by atoms with E-state index in [1.807, 2.05) is 13.8 Å². The minimum atomic E-state index is 0.0752. The Labute approximate surface area is 125 Å². The Kier molecular flexibility index (Phi) is 10.8. The smallest absolute Gasteiger partial charge is 0.222 e. The lowest BCUT2D eigenvalue weighted by Gasteiger charge is -2.23. The van der Waals surface area contributed by atoms with E-state index in [4.69, 9.17) is 4.74 Å². The number of hydrogen-bond donors (Lipinski definition) is 1. The molecule has 0 aliphatic heterocycles. The summed E-state index contributed by atoms with van der Waals surface area (Å²) in [6, 6.07) is 0. The minimum Gasteiger partial charge on any atom is -0.376 e. The summed E-state index contributed by atoms with van der Waals surface area (Å²) in [6.45, 7) is 13.0. The van der Waals surface area contributed by atoms with Gasteiger partial charge in [0.1, 0.15) is 0 Å². The second-order valence-corrected chi connectivity index (χ2v) is 6.11. The molecule has 1 unspecified atom stereocenters. The summed E-state index contributed by atoms with van der Waals surface area (Å²) in [5.74, 6) is 0.218. The molecule has 0 saturated heterocycles. The first-order valence-corrected chi connectivity index (χ1v) is 7.98. The molecule has 1 N–H and O–H groups in total. The lowest BCUT2D eigenvalue weighted by molar-refractivity contribution is -0.123. The minimum absolute atomic E-state index is 0.0752. The van der Waals surface area contributed by atoms with Gasteiger partial charge in [-0.25, -0.2) is 0 Å². The van der Waals surface area contributed by atoms with Crippen LogP contribution in [-0.4, -0.2) is 49.7 Å². The van der Waals surface area contributed by atoms with Crippen LogP contribution < -0.4 is 5.32 Å². The Bertz CT molecular complexity index is 255. The van der Waals surface area contributed by atoms with Crippen LogP contribution >= 0.6 is 0 Å². The van der Waals surface area contributed by atoms with Crippen LogP contribution in [-0.2, 0) is 9.53 Å². The van der Waals surface area contributed by atoms with E-state index in [1.54, 1.807) is 0 Å². The lowest BCUT2D eigenvalue weighted by Crippen LogP contribution is -2.32. The average molecular weight is 286 g/mol. The standard InChI is InChI=1S/C16H34N2O2/c1-7-15(20-14(4)5)9-12-18(6)11-8-10-17-16(19)13(2)3/h13-15H,7-12H2,1-6H3,(H,17,19). The van der Waals surface area contributed by atoms with Gasteiger partial charge in [-0.15, -0.1) is 0 Å². The van der Waals surface area contributed by atoms with Crippen LogP contribution in [0.5, 0.6) is 0 Å². The molecule has 0 fully saturated rings. The van der Waals surface area contributed by atoms with E-state index in [9.17, 15) is 4.79 Å². The van der Waals surface area contributed by atoms with Crippen molar-refractivity contribution in [3.8, 4) is 0 Å². The topological polar surface area (TPSA) is 41.6 Å². The molecule has 0 aromatic rings. The highest BCUT2D eigenvalue weighted by molar-refractivity contribution is 5.77. The van der Waals surface area contributed by atoms with Crippen LogP contribution in [0.2, 0.25) is 0 Å². The normalized spacial score (nSPS) is 13.2. The molecule has 120 valence electrons. The maximum Gasteiger partial charge on any atom is 0.222 e. The van der Waals surface area contributed by atoms with Crippen LogP contribution in [0.4, 0.5) is 0 Å². The summed E-state index contributed by atoms with van der Waals surface area (Å²) >= 11 is 0. The van der Waals surface area contributed by atoms with E-state index in [2.05, 4.69) is 38.0 Å². The van der Waals surface area contributed by atoms with Crippen molar-refractivity contribution >= 4 is 5.91 Å². The Morgan fingerprint density at radius 3 is 2.35 bits per heavy atom. The van der Waals surface area contributed by atoms with Gasteiger partial charge in [-0.2, -0.15) is 0 Å². The number of hydrogen-bond acceptors (Lipinski definition) is 3. The fourth-order valence-electron chi connectivity index (χ4n) is 1.99. The summed E-state index contributed by atoms with van der Waals surface area (Å²) in [4.78, 5) is 13.7. The molecule has 0 aromatic heterocycles. The second-order valence-electron chi connectivity index (χ2n) is 6.11. The van der Waals surface area contributed by atoms with Crippen LogP contribution in [0.25, 0.3) is 0 Å². The van der Waals surface area contributed by atoms with E-state index >= 15 is 0 Å². The average Bonchev–Trinajstić information content (AvgIpc) is 2.38. The van der Waals surface area contributed by atoms with Gasteiger partial charge in [0.2, 0.25) is 5.91 Å². The van der Waals surface area contributed by atoms with Gasteiger partial charge in [0, 0.05) is 19.0 Å². The molecule has 0 radical (unpaired) electrons. The predicted molar refractivity (Wildman–Crippen MR) is 84.9 cm³/mol. The number of nitrogens with zero attached hydrogens (tertiary/aromatic N) is 1. The molecule has 0 aliphatic carbocycles. The number of amides is 1. The summed E-state index contributed by atoms with van der Waals surface area (Å²) in [7, 11) is 2.13. The van der Waals surface area contributed by atoms with Gasteiger partial charge >= 0.3 is 0 Å². The van der Waals surface area contributed by atoms with Crippen molar-refractivity contribution in [3.05, 3.63) is 0 Å². The van der Waals surface area contributed by atoms with E-state index in [0.29, 0.717) is 12.2 Å². The highest BCUT2D eigenvalue weighted by Gasteiger charge is 2.10. The third kappa shape index (κ3) is 10.2.